The molecule has 0 heterocycles. The Labute approximate surface area is 105 Å². The van der Waals surface area contributed by atoms with Crippen molar-refractivity contribution in [2.24, 2.45) is 0 Å². The van der Waals surface area contributed by atoms with Crippen LogP contribution in [0.3, 0.4) is 0 Å². The van der Waals surface area contributed by atoms with E-state index >= 15 is 0 Å². The minimum Gasteiger partial charge on any atom is -0.466 e. The van der Waals surface area contributed by atoms with Gasteiger partial charge in [0.2, 0.25) is 0 Å². The van der Waals surface area contributed by atoms with Crippen LogP contribution in [0.4, 0.5) is 11.4 Å². The lowest BCUT2D eigenvalue weighted by Gasteiger charge is -2.07. The maximum Gasteiger partial charge on any atom is 0.307 e. The summed E-state index contributed by atoms with van der Waals surface area (Å²) in [5, 5.41) is 13.7. The molecule has 6 nitrogen and oxygen atoms in total. The van der Waals surface area contributed by atoms with Gasteiger partial charge in [-0.3, -0.25) is 14.9 Å². The van der Waals surface area contributed by atoms with Crippen LogP contribution in [-0.4, -0.2) is 24.0 Å². The Bertz CT molecular complexity index is 446. The van der Waals surface area contributed by atoms with E-state index in [2.05, 4.69) is 5.32 Å². The van der Waals surface area contributed by atoms with Crippen molar-refractivity contribution in [2.75, 3.05) is 18.5 Å². The molecule has 1 N–H and O–H groups in total. The SMILES string of the molecule is CCOC(=O)CCNc1cc(C)ccc1[N+](=O)[O-]. The fraction of sp³-hybridized carbons (Fsp3) is 0.417. The second-order valence-corrected chi connectivity index (χ2v) is 3.76. The molecule has 0 aliphatic rings. The van der Waals surface area contributed by atoms with E-state index in [1.807, 2.05) is 6.92 Å². The molecule has 0 bridgehead atoms. The van der Waals surface area contributed by atoms with Crippen LogP contribution >= 0.6 is 0 Å². The van der Waals surface area contributed by atoms with Crippen LogP contribution in [0.2, 0.25) is 0 Å². The molecule has 1 aromatic rings. The van der Waals surface area contributed by atoms with Crippen molar-refractivity contribution in [1.82, 2.24) is 0 Å². The molecule has 0 saturated carbocycles. The number of nitrogens with zero attached hydrogens (tertiary/aromatic N) is 1. The van der Waals surface area contributed by atoms with E-state index in [4.69, 9.17) is 4.74 Å². The van der Waals surface area contributed by atoms with Gasteiger partial charge >= 0.3 is 5.97 Å². The van der Waals surface area contributed by atoms with Crippen molar-refractivity contribution in [3.8, 4) is 0 Å². The van der Waals surface area contributed by atoms with Crippen molar-refractivity contribution in [3.63, 3.8) is 0 Å². The van der Waals surface area contributed by atoms with Crippen molar-refractivity contribution < 1.29 is 14.5 Å². The molecular weight excluding hydrogens is 236 g/mol. The lowest BCUT2D eigenvalue weighted by molar-refractivity contribution is -0.384. The first-order valence-electron chi connectivity index (χ1n) is 5.69. The Morgan fingerprint density at radius 1 is 1.50 bits per heavy atom. The molecule has 0 aliphatic carbocycles. The van der Waals surface area contributed by atoms with Gasteiger partial charge in [0.1, 0.15) is 5.69 Å². The minimum absolute atomic E-state index is 0.00413. The number of benzene rings is 1. The number of anilines is 1. The molecule has 0 radical (unpaired) electrons. The standard InChI is InChI=1S/C12H16N2O4/c1-3-18-12(15)6-7-13-10-8-9(2)4-5-11(10)14(16)17/h4-5,8,13H,3,6-7H2,1-2H3. The van der Waals surface area contributed by atoms with Gasteiger partial charge in [0.25, 0.3) is 5.69 Å². The highest BCUT2D eigenvalue weighted by atomic mass is 16.6. The molecule has 0 saturated heterocycles. The average Bonchev–Trinajstić information content (AvgIpc) is 2.29. The zero-order valence-corrected chi connectivity index (χ0v) is 10.4. The Kier molecular flexibility index (Phi) is 5.10. The topological polar surface area (TPSA) is 81.5 Å². The molecule has 0 unspecified atom stereocenters. The number of carbonyl (C=O) groups is 1. The number of nitro benzene ring substituents is 1. The van der Waals surface area contributed by atoms with E-state index in [9.17, 15) is 14.9 Å². The normalized spacial score (nSPS) is 9.89. The number of ether oxygens (including phenoxy) is 1. The van der Waals surface area contributed by atoms with Gasteiger partial charge in [-0.25, -0.2) is 0 Å². The average molecular weight is 252 g/mol. The summed E-state index contributed by atoms with van der Waals surface area (Å²) in [6.07, 6.45) is 0.180. The number of hydrogen-bond donors (Lipinski definition) is 1. The predicted molar refractivity (Wildman–Crippen MR) is 67.6 cm³/mol. The minimum atomic E-state index is -0.452. The summed E-state index contributed by atoms with van der Waals surface area (Å²) in [6, 6.07) is 4.81. The molecule has 1 rings (SSSR count). The third-order valence-electron chi connectivity index (χ3n) is 2.30. The molecule has 98 valence electrons. The maximum atomic E-state index is 11.1. The second-order valence-electron chi connectivity index (χ2n) is 3.76. The molecule has 0 amide bonds. The third-order valence-corrected chi connectivity index (χ3v) is 2.30. The van der Waals surface area contributed by atoms with Crippen molar-refractivity contribution >= 4 is 17.3 Å². The number of nitrogens with one attached hydrogen (secondary N) is 1. The van der Waals surface area contributed by atoms with E-state index in [1.165, 1.54) is 6.07 Å². The van der Waals surface area contributed by atoms with Crippen LogP contribution in [0.1, 0.15) is 18.9 Å². The van der Waals surface area contributed by atoms with Gasteiger partial charge in [0, 0.05) is 12.6 Å². The summed E-state index contributed by atoms with van der Waals surface area (Å²) in [4.78, 5) is 21.5. The maximum absolute atomic E-state index is 11.1. The molecule has 18 heavy (non-hydrogen) atoms. The Hall–Kier alpha value is -2.11. The second kappa shape index (κ2) is 6.58. The number of esters is 1. The summed E-state index contributed by atoms with van der Waals surface area (Å²) in [5.41, 5.74) is 1.34. The summed E-state index contributed by atoms with van der Waals surface area (Å²) >= 11 is 0. The lowest BCUT2D eigenvalue weighted by Crippen LogP contribution is -2.12. The number of nitro groups is 1. The van der Waals surface area contributed by atoms with Crippen LogP contribution < -0.4 is 5.32 Å². The van der Waals surface area contributed by atoms with E-state index in [0.717, 1.165) is 5.56 Å². The van der Waals surface area contributed by atoms with Crippen molar-refractivity contribution in [1.29, 1.82) is 0 Å². The predicted octanol–water partition coefficient (Wildman–Crippen LogP) is 2.27. The van der Waals surface area contributed by atoms with Gasteiger partial charge in [-0.1, -0.05) is 6.07 Å². The molecule has 0 spiro atoms. The smallest absolute Gasteiger partial charge is 0.307 e. The summed E-state index contributed by atoms with van der Waals surface area (Å²) < 4.78 is 4.77. The zero-order valence-electron chi connectivity index (χ0n) is 10.4. The molecule has 0 aromatic heterocycles. The highest BCUT2D eigenvalue weighted by molar-refractivity contribution is 5.70. The number of rotatable bonds is 6. The van der Waals surface area contributed by atoms with Crippen LogP contribution in [0.25, 0.3) is 0 Å². The Morgan fingerprint density at radius 3 is 2.83 bits per heavy atom. The Balaban J connectivity index is 2.63. The molecule has 0 fully saturated rings. The van der Waals surface area contributed by atoms with Gasteiger partial charge in [0.05, 0.1) is 18.0 Å². The molecule has 1 aromatic carbocycles. The third kappa shape index (κ3) is 4.04. The number of carbonyl (C=O) groups excluding carboxylic acids is 1. The largest absolute Gasteiger partial charge is 0.466 e. The molecule has 6 heteroatoms. The van der Waals surface area contributed by atoms with Gasteiger partial charge in [-0.15, -0.1) is 0 Å². The lowest BCUT2D eigenvalue weighted by atomic mass is 10.2. The van der Waals surface area contributed by atoms with Crippen molar-refractivity contribution in [3.05, 3.63) is 33.9 Å². The first-order chi connectivity index (χ1) is 8.54. The molecular formula is C12H16N2O4. The zero-order chi connectivity index (χ0) is 13.5. The Morgan fingerprint density at radius 2 is 2.22 bits per heavy atom. The number of hydrogen-bond acceptors (Lipinski definition) is 5. The van der Waals surface area contributed by atoms with E-state index < -0.39 is 4.92 Å². The summed E-state index contributed by atoms with van der Waals surface area (Å²) in [5.74, 6) is -0.319. The van der Waals surface area contributed by atoms with Gasteiger partial charge in [0.15, 0.2) is 0 Å². The monoisotopic (exact) mass is 252 g/mol. The molecule has 0 atom stereocenters. The first kappa shape index (κ1) is 14.0. The summed E-state index contributed by atoms with van der Waals surface area (Å²) in [7, 11) is 0. The fourth-order valence-corrected chi connectivity index (χ4v) is 1.48. The quantitative estimate of drug-likeness (QED) is 0.477. The van der Waals surface area contributed by atoms with E-state index in [1.54, 1.807) is 19.1 Å². The van der Waals surface area contributed by atoms with Gasteiger partial charge in [-0.2, -0.15) is 0 Å². The highest BCUT2D eigenvalue weighted by Crippen LogP contribution is 2.24. The van der Waals surface area contributed by atoms with Crippen LogP contribution in [0.5, 0.6) is 0 Å². The van der Waals surface area contributed by atoms with Crippen LogP contribution in [0, 0.1) is 17.0 Å². The molecule has 0 aliphatic heterocycles. The van der Waals surface area contributed by atoms with Crippen LogP contribution in [0.15, 0.2) is 18.2 Å². The highest BCUT2D eigenvalue weighted by Gasteiger charge is 2.13. The van der Waals surface area contributed by atoms with Crippen molar-refractivity contribution in [2.45, 2.75) is 20.3 Å². The first-order valence-corrected chi connectivity index (χ1v) is 5.69. The number of aryl methyl sites for hydroxylation is 1. The fourth-order valence-electron chi connectivity index (χ4n) is 1.48. The van der Waals surface area contributed by atoms with E-state index in [0.29, 0.717) is 18.8 Å². The van der Waals surface area contributed by atoms with Gasteiger partial charge < -0.3 is 10.1 Å². The van der Waals surface area contributed by atoms with Gasteiger partial charge in [-0.05, 0) is 25.5 Å². The van der Waals surface area contributed by atoms with Crippen LogP contribution in [-0.2, 0) is 9.53 Å². The van der Waals surface area contributed by atoms with E-state index in [-0.39, 0.29) is 18.1 Å². The summed E-state index contributed by atoms with van der Waals surface area (Å²) in [6.45, 7) is 4.23.